The lowest BCUT2D eigenvalue weighted by molar-refractivity contribution is 0.0948. The SMILES string of the molecule is Cc1ccc(OCc2cccc(C(=O)NN)n2)cc1F. The molecule has 2 aromatic rings. The van der Waals surface area contributed by atoms with Gasteiger partial charge in [0.25, 0.3) is 5.91 Å². The Morgan fingerprint density at radius 1 is 1.40 bits per heavy atom. The third kappa shape index (κ3) is 3.30. The summed E-state index contributed by atoms with van der Waals surface area (Å²) in [5.41, 5.74) is 3.30. The highest BCUT2D eigenvalue weighted by molar-refractivity contribution is 5.91. The molecule has 0 aliphatic heterocycles. The second-order valence-electron chi connectivity index (χ2n) is 4.19. The number of hydrogen-bond donors (Lipinski definition) is 2. The number of nitrogens with one attached hydrogen (secondary N) is 1. The van der Waals surface area contributed by atoms with Crippen LogP contribution in [0.2, 0.25) is 0 Å². The zero-order chi connectivity index (χ0) is 14.5. The summed E-state index contributed by atoms with van der Waals surface area (Å²) in [7, 11) is 0. The van der Waals surface area contributed by atoms with Crippen LogP contribution in [0.25, 0.3) is 0 Å². The Bertz CT molecular complexity index is 632. The highest BCUT2D eigenvalue weighted by Gasteiger charge is 2.06. The summed E-state index contributed by atoms with van der Waals surface area (Å²) in [6, 6.07) is 9.54. The fourth-order valence-electron chi connectivity index (χ4n) is 1.58. The van der Waals surface area contributed by atoms with Crippen LogP contribution in [-0.2, 0) is 6.61 Å². The van der Waals surface area contributed by atoms with Crippen molar-refractivity contribution in [2.75, 3.05) is 0 Å². The van der Waals surface area contributed by atoms with E-state index < -0.39 is 5.91 Å². The summed E-state index contributed by atoms with van der Waals surface area (Å²) < 4.78 is 18.8. The largest absolute Gasteiger partial charge is 0.487 e. The molecular formula is C14H14FN3O2. The summed E-state index contributed by atoms with van der Waals surface area (Å²) in [6.45, 7) is 1.81. The number of hydrazine groups is 1. The van der Waals surface area contributed by atoms with Gasteiger partial charge in [0.2, 0.25) is 0 Å². The van der Waals surface area contributed by atoms with Gasteiger partial charge in [-0.2, -0.15) is 0 Å². The van der Waals surface area contributed by atoms with Crippen molar-refractivity contribution in [2.45, 2.75) is 13.5 Å². The fraction of sp³-hybridized carbons (Fsp3) is 0.143. The molecule has 2 rings (SSSR count). The molecule has 1 aromatic heterocycles. The number of hydrogen-bond acceptors (Lipinski definition) is 4. The number of pyridine rings is 1. The first-order chi connectivity index (χ1) is 9.60. The molecule has 0 saturated carbocycles. The summed E-state index contributed by atoms with van der Waals surface area (Å²) >= 11 is 0. The minimum Gasteiger partial charge on any atom is -0.487 e. The number of nitrogens with zero attached hydrogens (tertiary/aromatic N) is 1. The highest BCUT2D eigenvalue weighted by atomic mass is 19.1. The van der Waals surface area contributed by atoms with Crippen molar-refractivity contribution in [2.24, 2.45) is 5.84 Å². The molecule has 0 spiro atoms. The van der Waals surface area contributed by atoms with Gasteiger partial charge in [-0.15, -0.1) is 0 Å². The van der Waals surface area contributed by atoms with Crippen molar-refractivity contribution >= 4 is 5.91 Å². The topological polar surface area (TPSA) is 77.2 Å². The van der Waals surface area contributed by atoms with Crippen LogP contribution in [-0.4, -0.2) is 10.9 Å². The molecular weight excluding hydrogens is 261 g/mol. The Balaban J connectivity index is 2.07. The van der Waals surface area contributed by atoms with Gasteiger partial charge >= 0.3 is 0 Å². The molecule has 6 heteroatoms. The van der Waals surface area contributed by atoms with Crippen LogP contribution in [0.4, 0.5) is 4.39 Å². The number of carbonyl (C=O) groups excluding carboxylic acids is 1. The van der Waals surface area contributed by atoms with Crippen molar-refractivity contribution in [3.63, 3.8) is 0 Å². The number of ether oxygens (including phenoxy) is 1. The van der Waals surface area contributed by atoms with Gasteiger partial charge < -0.3 is 4.74 Å². The molecule has 20 heavy (non-hydrogen) atoms. The normalized spacial score (nSPS) is 10.2. The molecule has 0 bridgehead atoms. The van der Waals surface area contributed by atoms with E-state index in [1.165, 1.54) is 12.1 Å². The van der Waals surface area contributed by atoms with Gasteiger partial charge in [0.1, 0.15) is 23.9 Å². The number of amides is 1. The molecule has 0 saturated heterocycles. The van der Waals surface area contributed by atoms with Crippen molar-refractivity contribution in [3.05, 3.63) is 59.2 Å². The number of benzene rings is 1. The predicted octanol–water partition coefficient (Wildman–Crippen LogP) is 1.71. The quantitative estimate of drug-likeness (QED) is 0.506. The maximum atomic E-state index is 13.4. The Hall–Kier alpha value is -2.47. The van der Waals surface area contributed by atoms with Crippen LogP contribution in [0, 0.1) is 12.7 Å². The fourth-order valence-corrected chi connectivity index (χ4v) is 1.58. The van der Waals surface area contributed by atoms with Gasteiger partial charge in [0.15, 0.2) is 0 Å². The molecule has 0 unspecified atom stereocenters. The van der Waals surface area contributed by atoms with E-state index in [1.54, 1.807) is 31.2 Å². The Kier molecular flexibility index (Phi) is 4.27. The highest BCUT2D eigenvalue weighted by Crippen LogP contribution is 2.17. The third-order valence-corrected chi connectivity index (χ3v) is 2.70. The van der Waals surface area contributed by atoms with Gasteiger partial charge in [-0.3, -0.25) is 10.2 Å². The maximum absolute atomic E-state index is 13.4. The summed E-state index contributed by atoms with van der Waals surface area (Å²) in [5.74, 6) is 4.64. The molecule has 0 aliphatic rings. The van der Waals surface area contributed by atoms with Crippen LogP contribution in [0.1, 0.15) is 21.7 Å². The van der Waals surface area contributed by atoms with Crippen molar-refractivity contribution < 1.29 is 13.9 Å². The van der Waals surface area contributed by atoms with Crippen molar-refractivity contribution in [1.29, 1.82) is 0 Å². The number of rotatable bonds is 4. The van der Waals surface area contributed by atoms with Gasteiger partial charge in [-0.05, 0) is 30.7 Å². The summed E-state index contributed by atoms with van der Waals surface area (Å²) in [4.78, 5) is 15.4. The summed E-state index contributed by atoms with van der Waals surface area (Å²) in [5, 5.41) is 0. The zero-order valence-electron chi connectivity index (χ0n) is 10.9. The molecule has 5 nitrogen and oxygen atoms in total. The molecule has 104 valence electrons. The lowest BCUT2D eigenvalue weighted by Gasteiger charge is -2.07. The lowest BCUT2D eigenvalue weighted by Crippen LogP contribution is -2.30. The van der Waals surface area contributed by atoms with Gasteiger partial charge in [-0.1, -0.05) is 12.1 Å². The molecule has 0 atom stereocenters. The predicted molar refractivity (Wildman–Crippen MR) is 71.4 cm³/mol. The number of aromatic nitrogens is 1. The molecule has 3 N–H and O–H groups in total. The average molecular weight is 275 g/mol. The Labute approximate surface area is 115 Å². The maximum Gasteiger partial charge on any atom is 0.283 e. The van der Waals surface area contributed by atoms with Gasteiger partial charge in [-0.25, -0.2) is 15.2 Å². The standard InChI is InChI=1S/C14H14FN3O2/c1-9-5-6-11(7-12(9)15)20-8-10-3-2-4-13(17-10)14(19)18-16/h2-7H,8,16H2,1H3,(H,18,19). The minimum atomic E-state index is -0.478. The van der Waals surface area contributed by atoms with Gasteiger partial charge in [0, 0.05) is 6.07 Å². The van der Waals surface area contributed by atoms with E-state index >= 15 is 0 Å². The van der Waals surface area contributed by atoms with Crippen LogP contribution < -0.4 is 16.0 Å². The number of carbonyl (C=O) groups is 1. The number of aryl methyl sites for hydroxylation is 1. The monoisotopic (exact) mass is 275 g/mol. The van der Waals surface area contributed by atoms with Crippen LogP contribution >= 0.6 is 0 Å². The number of halogens is 1. The van der Waals surface area contributed by atoms with Crippen LogP contribution in [0.3, 0.4) is 0 Å². The second kappa shape index (κ2) is 6.12. The summed E-state index contributed by atoms with van der Waals surface area (Å²) in [6.07, 6.45) is 0. The van der Waals surface area contributed by atoms with Crippen molar-refractivity contribution in [3.8, 4) is 5.75 Å². The van der Waals surface area contributed by atoms with E-state index in [9.17, 15) is 9.18 Å². The molecule has 1 amide bonds. The first-order valence-corrected chi connectivity index (χ1v) is 5.96. The van der Waals surface area contributed by atoms with Gasteiger partial charge in [0.05, 0.1) is 5.69 Å². The first kappa shape index (κ1) is 14.0. The van der Waals surface area contributed by atoms with E-state index in [1.807, 2.05) is 5.43 Å². The van der Waals surface area contributed by atoms with E-state index in [0.29, 0.717) is 17.0 Å². The zero-order valence-corrected chi connectivity index (χ0v) is 10.9. The average Bonchev–Trinajstić information content (AvgIpc) is 2.48. The Morgan fingerprint density at radius 2 is 2.20 bits per heavy atom. The first-order valence-electron chi connectivity index (χ1n) is 5.96. The molecule has 1 aromatic carbocycles. The molecule has 1 heterocycles. The minimum absolute atomic E-state index is 0.133. The van der Waals surface area contributed by atoms with Crippen molar-refractivity contribution in [1.82, 2.24) is 10.4 Å². The van der Waals surface area contributed by atoms with E-state index in [4.69, 9.17) is 10.6 Å². The molecule has 0 fully saturated rings. The second-order valence-corrected chi connectivity index (χ2v) is 4.19. The third-order valence-electron chi connectivity index (χ3n) is 2.70. The van der Waals surface area contributed by atoms with E-state index in [0.717, 1.165) is 0 Å². The lowest BCUT2D eigenvalue weighted by atomic mass is 10.2. The number of nitrogen functional groups attached to an aromatic ring is 1. The van der Waals surface area contributed by atoms with E-state index in [-0.39, 0.29) is 18.1 Å². The van der Waals surface area contributed by atoms with E-state index in [2.05, 4.69) is 4.98 Å². The number of nitrogens with two attached hydrogens (primary N) is 1. The Morgan fingerprint density at radius 3 is 2.90 bits per heavy atom. The van der Waals surface area contributed by atoms with Crippen LogP contribution in [0.15, 0.2) is 36.4 Å². The molecule has 0 radical (unpaired) electrons. The smallest absolute Gasteiger partial charge is 0.283 e. The molecule has 0 aliphatic carbocycles. The van der Waals surface area contributed by atoms with Crippen LogP contribution in [0.5, 0.6) is 5.75 Å².